The molecule has 4 rings (SSSR count). The van der Waals surface area contributed by atoms with Gasteiger partial charge in [0, 0.05) is 13.1 Å². The van der Waals surface area contributed by atoms with Gasteiger partial charge in [-0.25, -0.2) is 13.2 Å². The van der Waals surface area contributed by atoms with Gasteiger partial charge in [0.25, 0.3) is 10.0 Å². The number of anilines is 2. The van der Waals surface area contributed by atoms with Crippen molar-refractivity contribution in [3.05, 3.63) is 53.6 Å². The van der Waals surface area contributed by atoms with E-state index in [1.807, 2.05) is 6.07 Å². The Labute approximate surface area is 183 Å². The molecule has 1 fully saturated rings. The van der Waals surface area contributed by atoms with E-state index in [9.17, 15) is 18.0 Å². The Balaban J connectivity index is 1.78. The van der Waals surface area contributed by atoms with Gasteiger partial charge in [-0.15, -0.1) is 0 Å². The van der Waals surface area contributed by atoms with Crippen molar-refractivity contribution in [2.24, 2.45) is 0 Å². The molecule has 0 N–H and O–H groups in total. The number of urea groups is 1. The van der Waals surface area contributed by atoms with Gasteiger partial charge < -0.3 is 4.90 Å². The molecule has 0 atom stereocenters. The van der Waals surface area contributed by atoms with Crippen molar-refractivity contribution in [3.63, 3.8) is 0 Å². The van der Waals surface area contributed by atoms with Gasteiger partial charge in [0.15, 0.2) is 0 Å². The lowest BCUT2D eigenvalue weighted by atomic mass is 10.1. The van der Waals surface area contributed by atoms with Gasteiger partial charge in [-0.3, -0.25) is 9.69 Å². The summed E-state index contributed by atoms with van der Waals surface area (Å²) in [7, 11) is -4.11. The molecule has 2 aliphatic heterocycles. The predicted molar refractivity (Wildman–Crippen MR) is 120 cm³/mol. The second kappa shape index (κ2) is 8.34. The second-order valence-electron chi connectivity index (χ2n) is 8.14. The molecule has 0 radical (unpaired) electrons. The molecule has 0 unspecified atom stereocenters. The highest BCUT2D eigenvalue weighted by molar-refractivity contribution is 7.94. The molecule has 2 aromatic rings. The van der Waals surface area contributed by atoms with Gasteiger partial charge in [-0.1, -0.05) is 43.2 Å². The van der Waals surface area contributed by atoms with E-state index in [0.29, 0.717) is 29.9 Å². The van der Waals surface area contributed by atoms with Crippen LogP contribution < -0.4 is 9.21 Å². The van der Waals surface area contributed by atoms with E-state index in [1.165, 1.54) is 11.0 Å². The molecule has 2 aromatic carbocycles. The largest absolute Gasteiger partial charge is 0.343 e. The van der Waals surface area contributed by atoms with E-state index in [4.69, 9.17) is 0 Å². The first-order chi connectivity index (χ1) is 14.8. The van der Waals surface area contributed by atoms with Crippen molar-refractivity contribution < 1.29 is 18.0 Å². The monoisotopic (exact) mass is 441 g/mol. The second-order valence-corrected chi connectivity index (χ2v) is 9.90. The Kier molecular flexibility index (Phi) is 5.75. The van der Waals surface area contributed by atoms with Crippen LogP contribution in [0.2, 0.25) is 0 Å². The number of fused-ring (bicyclic) bond motifs is 1. The number of carbonyl (C=O) groups is 2. The summed E-state index contributed by atoms with van der Waals surface area (Å²) in [6.45, 7) is 4.70. The third-order valence-electron chi connectivity index (χ3n) is 5.97. The molecular formula is C23H27N3O4S. The van der Waals surface area contributed by atoms with Gasteiger partial charge in [-0.2, -0.15) is 4.31 Å². The molecule has 0 saturated carbocycles. The number of sulfonamides is 1. The van der Waals surface area contributed by atoms with Gasteiger partial charge in [0.05, 0.1) is 11.4 Å². The zero-order valence-electron chi connectivity index (χ0n) is 17.9. The fourth-order valence-corrected chi connectivity index (χ4v) is 6.08. The van der Waals surface area contributed by atoms with Gasteiger partial charge in [0.2, 0.25) is 5.91 Å². The Morgan fingerprint density at radius 1 is 0.903 bits per heavy atom. The number of likely N-dealkylation sites (tertiary alicyclic amines) is 1. The molecule has 2 aliphatic rings. The Bertz CT molecular complexity index is 1100. The summed E-state index contributed by atoms with van der Waals surface area (Å²) in [6.07, 6.45) is 4.07. The maximum absolute atomic E-state index is 13.6. The van der Waals surface area contributed by atoms with Crippen LogP contribution in [0.3, 0.4) is 0 Å². The molecule has 0 aliphatic carbocycles. The first-order valence-electron chi connectivity index (χ1n) is 10.6. The summed E-state index contributed by atoms with van der Waals surface area (Å²) >= 11 is 0. The number of aryl methyl sites for hydroxylation is 2. The van der Waals surface area contributed by atoms with Crippen LogP contribution in [0.25, 0.3) is 0 Å². The number of para-hydroxylation sites is 2. The Morgan fingerprint density at radius 2 is 1.52 bits per heavy atom. The molecule has 31 heavy (non-hydrogen) atoms. The molecule has 0 spiro atoms. The minimum atomic E-state index is -4.11. The molecule has 2 heterocycles. The minimum absolute atomic E-state index is 0.0286. The number of hydrogen-bond acceptors (Lipinski definition) is 4. The van der Waals surface area contributed by atoms with E-state index in [1.54, 1.807) is 49.1 Å². The van der Waals surface area contributed by atoms with E-state index >= 15 is 0 Å². The minimum Gasteiger partial charge on any atom is -0.341 e. The molecule has 0 bridgehead atoms. The van der Waals surface area contributed by atoms with Gasteiger partial charge in [-0.05, 0) is 49.9 Å². The maximum atomic E-state index is 13.6. The third kappa shape index (κ3) is 3.80. The summed E-state index contributed by atoms with van der Waals surface area (Å²) in [4.78, 5) is 29.8. The fraction of sp³-hybridized carbons (Fsp3) is 0.391. The van der Waals surface area contributed by atoms with Gasteiger partial charge >= 0.3 is 6.03 Å². The standard InChI is InChI=1S/C23H27N3O4S/c1-17-10-9-11-18(2)22(17)26-23(28)25(16-21(27)24-14-7-3-4-8-15-24)19-12-5-6-13-20(19)31(26,29)30/h5-6,9-13H,3-4,7-8,14-16H2,1-2H3. The zero-order chi connectivity index (χ0) is 22.2. The highest BCUT2D eigenvalue weighted by atomic mass is 32.2. The average molecular weight is 442 g/mol. The zero-order valence-corrected chi connectivity index (χ0v) is 18.7. The van der Waals surface area contributed by atoms with Crippen LogP contribution in [0.4, 0.5) is 16.2 Å². The molecule has 8 heteroatoms. The van der Waals surface area contributed by atoms with Crippen molar-refractivity contribution in [1.82, 2.24) is 4.90 Å². The lowest BCUT2D eigenvalue weighted by molar-refractivity contribution is -0.129. The third-order valence-corrected chi connectivity index (χ3v) is 7.69. The van der Waals surface area contributed by atoms with Crippen LogP contribution in [0.1, 0.15) is 36.8 Å². The smallest absolute Gasteiger partial charge is 0.341 e. The van der Waals surface area contributed by atoms with Crippen LogP contribution in [-0.4, -0.2) is 44.9 Å². The lowest BCUT2D eigenvalue weighted by Crippen LogP contribution is -2.54. The Morgan fingerprint density at radius 3 is 2.16 bits per heavy atom. The van der Waals surface area contributed by atoms with E-state index in [-0.39, 0.29) is 23.0 Å². The first-order valence-corrected chi connectivity index (χ1v) is 12.1. The molecule has 0 aromatic heterocycles. The number of hydrogen-bond donors (Lipinski definition) is 0. The topological polar surface area (TPSA) is 78.0 Å². The SMILES string of the molecule is Cc1cccc(C)c1N1C(=O)N(CC(=O)N2CCCCCC2)c2ccccc2S1(=O)=O. The van der Waals surface area contributed by atoms with Crippen molar-refractivity contribution >= 4 is 33.3 Å². The molecule has 3 amide bonds. The molecule has 7 nitrogen and oxygen atoms in total. The number of nitrogens with zero attached hydrogens (tertiary/aromatic N) is 3. The van der Waals surface area contributed by atoms with Crippen LogP contribution in [0, 0.1) is 13.8 Å². The van der Waals surface area contributed by atoms with Crippen molar-refractivity contribution in [3.8, 4) is 0 Å². The number of amides is 3. The summed E-state index contributed by atoms with van der Waals surface area (Å²) < 4.78 is 27.8. The van der Waals surface area contributed by atoms with Crippen LogP contribution >= 0.6 is 0 Å². The summed E-state index contributed by atoms with van der Waals surface area (Å²) in [6, 6.07) is 11.0. The first kappa shape index (κ1) is 21.4. The summed E-state index contributed by atoms with van der Waals surface area (Å²) in [5.74, 6) is -0.161. The normalized spacial score (nSPS) is 18.5. The van der Waals surface area contributed by atoms with Crippen molar-refractivity contribution in [2.75, 3.05) is 28.8 Å². The van der Waals surface area contributed by atoms with E-state index < -0.39 is 16.1 Å². The highest BCUT2D eigenvalue weighted by Crippen LogP contribution is 2.39. The lowest BCUT2D eigenvalue weighted by Gasteiger charge is -2.37. The molecule has 164 valence electrons. The summed E-state index contributed by atoms with van der Waals surface area (Å²) in [5.41, 5.74) is 1.94. The highest BCUT2D eigenvalue weighted by Gasteiger charge is 2.44. The predicted octanol–water partition coefficient (Wildman–Crippen LogP) is 3.84. The molecule has 1 saturated heterocycles. The van der Waals surface area contributed by atoms with Crippen LogP contribution in [0.5, 0.6) is 0 Å². The van der Waals surface area contributed by atoms with Gasteiger partial charge in [0.1, 0.15) is 11.4 Å². The number of rotatable bonds is 3. The van der Waals surface area contributed by atoms with Crippen molar-refractivity contribution in [1.29, 1.82) is 0 Å². The quantitative estimate of drug-likeness (QED) is 0.725. The van der Waals surface area contributed by atoms with Crippen molar-refractivity contribution in [2.45, 2.75) is 44.4 Å². The maximum Gasteiger partial charge on any atom is 0.343 e. The fourth-order valence-electron chi connectivity index (χ4n) is 4.36. The van der Waals surface area contributed by atoms with Crippen LogP contribution in [0.15, 0.2) is 47.4 Å². The number of carbonyl (C=O) groups excluding carboxylic acids is 2. The molecular weight excluding hydrogens is 414 g/mol. The van der Waals surface area contributed by atoms with Crippen LogP contribution in [-0.2, 0) is 14.8 Å². The van der Waals surface area contributed by atoms with E-state index in [2.05, 4.69) is 0 Å². The number of benzene rings is 2. The van der Waals surface area contributed by atoms with E-state index in [0.717, 1.165) is 30.0 Å². The average Bonchev–Trinajstić information content (AvgIpc) is 3.03. The summed E-state index contributed by atoms with van der Waals surface area (Å²) in [5, 5.41) is 0. The Hall–Kier alpha value is -2.87.